The standard InChI is InChI=1S/C20H31N3O5/c24-16-13-28-17-6-3-7-23(18(16)17)19(25)15(12-14-4-1-2-5-14)21-20(26)22-8-10-27-11-9-22/h14-15,17-18H,1-13H2,(H,21,26). The number of carbonyl (C=O) groups is 3. The molecule has 3 amide bonds. The molecular weight excluding hydrogens is 362 g/mol. The van der Waals surface area contributed by atoms with Gasteiger partial charge in [-0.1, -0.05) is 25.7 Å². The van der Waals surface area contributed by atoms with Crippen LogP contribution in [0.1, 0.15) is 44.9 Å². The molecule has 3 aliphatic heterocycles. The van der Waals surface area contributed by atoms with Crippen molar-refractivity contribution in [3.63, 3.8) is 0 Å². The maximum absolute atomic E-state index is 13.5. The van der Waals surface area contributed by atoms with E-state index in [9.17, 15) is 14.4 Å². The van der Waals surface area contributed by atoms with Gasteiger partial charge in [0.1, 0.15) is 18.7 Å². The van der Waals surface area contributed by atoms with Gasteiger partial charge in [0.05, 0.1) is 19.3 Å². The third-order valence-corrected chi connectivity index (χ3v) is 6.57. The Morgan fingerprint density at radius 2 is 1.82 bits per heavy atom. The number of likely N-dealkylation sites (tertiary alicyclic amines) is 1. The summed E-state index contributed by atoms with van der Waals surface area (Å²) in [7, 11) is 0. The van der Waals surface area contributed by atoms with E-state index in [1.807, 2.05) is 0 Å². The second-order valence-corrected chi connectivity index (χ2v) is 8.42. The normalized spacial score (nSPS) is 29.6. The summed E-state index contributed by atoms with van der Waals surface area (Å²) in [5.41, 5.74) is 0. The maximum Gasteiger partial charge on any atom is 0.318 e. The minimum Gasteiger partial charge on any atom is -0.378 e. The zero-order valence-corrected chi connectivity index (χ0v) is 16.4. The third-order valence-electron chi connectivity index (χ3n) is 6.57. The first-order valence-corrected chi connectivity index (χ1v) is 10.7. The summed E-state index contributed by atoms with van der Waals surface area (Å²) in [5.74, 6) is 0.314. The Labute approximate surface area is 165 Å². The van der Waals surface area contributed by atoms with Crippen LogP contribution in [0.25, 0.3) is 0 Å². The Balaban J connectivity index is 1.47. The maximum atomic E-state index is 13.5. The topological polar surface area (TPSA) is 88.2 Å². The van der Waals surface area contributed by atoms with Crippen LogP contribution in [0.5, 0.6) is 0 Å². The van der Waals surface area contributed by atoms with E-state index in [-0.39, 0.29) is 30.4 Å². The number of ketones is 1. The average Bonchev–Trinajstić information content (AvgIpc) is 3.37. The number of rotatable bonds is 4. The number of nitrogens with one attached hydrogen (secondary N) is 1. The first-order chi connectivity index (χ1) is 13.6. The molecule has 3 unspecified atom stereocenters. The molecule has 4 aliphatic rings. The van der Waals surface area contributed by atoms with Crippen molar-refractivity contribution in [2.45, 2.75) is 63.1 Å². The predicted molar refractivity (Wildman–Crippen MR) is 101 cm³/mol. The zero-order valence-electron chi connectivity index (χ0n) is 16.4. The zero-order chi connectivity index (χ0) is 19.5. The smallest absolute Gasteiger partial charge is 0.318 e. The van der Waals surface area contributed by atoms with Crippen molar-refractivity contribution < 1.29 is 23.9 Å². The van der Waals surface area contributed by atoms with Crippen molar-refractivity contribution in [2.75, 3.05) is 39.5 Å². The van der Waals surface area contributed by atoms with Gasteiger partial charge in [-0.25, -0.2) is 4.79 Å². The SMILES string of the molecule is O=C1COC2CCCN(C(=O)C(CC3CCCC3)NC(=O)N3CCOCC3)C12. The second-order valence-electron chi connectivity index (χ2n) is 8.42. The van der Waals surface area contributed by atoms with Crippen LogP contribution in [0.4, 0.5) is 4.79 Å². The van der Waals surface area contributed by atoms with Crippen molar-refractivity contribution in [2.24, 2.45) is 5.92 Å². The van der Waals surface area contributed by atoms with E-state index in [0.717, 1.165) is 25.7 Å². The molecule has 8 nitrogen and oxygen atoms in total. The molecule has 1 N–H and O–H groups in total. The van der Waals surface area contributed by atoms with Crippen LogP contribution in [-0.4, -0.2) is 85.2 Å². The van der Waals surface area contributed by atoms with Gasteiger partial charge >= 0.3 is 6.03 Å². The van der Waals surface area contributed by atoms with Crippen LogP contribution >= 0.6 is 0 Å². The Morgan fingerprint density at radius 1 is 1.07 bits per heavy atom. The molecule has 0 radical (unpaired) electrons. The molecule has 28 heavy (non-hydrogen) atoms. The molecule has 0 aromatic rings. The number of hydrogen-bond donors (Lipinski definition) is 1. The Hall–Kier alpha value is -1.67. The molecule has 0 aromatic heterocycles. The number of fused-ring (bicyclic) bond motifs is 1. The molecule has 4 rings (SSSR count). The van der Waals surface area contributed by atoms with Crippen LogP contribution in [-0.2, 0) is 19.1 Å². The lowest BCUT2D eigenvalue weighted by molar-refractivity contribution is -0.142. The lowest BCUT2D eigenvalue weighted by Gasteiger charge is -2.38. The fourth-order valence-corrected chi connectivity index (χ4v) is 5.05. The van der Waals surface area contributed by atoms with Gasteiger partial charge in [-0.3, -0.25) is 9.59 Å². The largest absolute Gasteiger partial charge is 0.378 e. The summed E-state index contributed by atoms with van der Waals surface area (Å²) in [5, 5.41) is 2.99. The summed E-state index contributed by atoms with van der Waals surface area (Å²) in [6.45, 7) is 2.77. The molecule has 3 heterocycles. The fraction of sp³-hybridized carbons (Fsp3) is 0.850. The van der Waals surface area contributed by atoms with E-state index in [2.05, 4.69) is 5.32 Å². The molecular formula is C20H31N3O5. The van der Waals surface area contributed by atoms with E-state index in [1.54, 1.807) is 9.80 Å². The summed E-state index contributed by atoms with van der Waals surface area (Å²) in [4.78, 5) is 41.9. The number of piperidine rings is 1. The minimum absolute atomic E-state index is 0.0165. The molecule has 156 valence electrons. The van der Waals surface area contributed by atoms with Crippen molar-refractivity contribution in [1.82, 2.24) is 15.1 Å². The van der Waals surface area contributed by atoms with Gasteiger partial charge in [0.25, 0.3) is 0 Å². The number of hydrogen-bond acceptors (Lipinski definition) is 5. The monoisotopic (exact) mass is 393 g/mol. The summed E-state index contributed by atoms with van der Waals surface area (Å²) in [6, 6.07) is -1.26. The third kappa shape index (κ3) is 4.17. The number of amides is 3. The number of morpholine rings is 1. The van der Waals surface area contributed by atoms with E-state index in [4.69, 9.17) is 9.47 Å². The highest BCUT2D eigenvalue weighted by Gasteiger charge is 2.46. The van der Waals surface area contributed by atoms with Gasteiger partial charge < -0.3 is 24.6 Å². The van der Waals surface area contributed by atoms with Crippen LogP contribution < -0.4 is 5.32 Å². The molecule has 3 atom stereocenters. The van der Waals surface area contributed by atoms with Crippen molar-refractivity contribution in [3.8, 4) is 0 Å². The summed E-state index contributed by atoms with van der Waals surface area (Å²) >= 11 is 0. The van der Waals surface area contributed by atoms with Gasteiger partial charge in [0.15, 0.2) is 5.78 Å². The number of Topliss-reactive ketones (excluding diaryl/α,β-unsaturated/α-hetero) is 1. The second kappa shape index (κ2) is 8.78. The summed E-state index contributed by atoms with van der Waals surface area (Å²) < 4.78 is 10.9. The quantitative estimate of drug-likeness (QED) is 0.768. The van der Waals surface area contributed by atoms with E-state index < -0.39 is 12.1 Å². The number of carbonyl (C=O) groups excluding carboxylic acids is 3. The van der Waals surface area contributed by atoms with Gasteiger partial charge in [-0.15, -0.1) is 0 Å². The Bertz CT molecular complexity index is 601. The van der Waals surface area contributed by atoms with Gasteiger partial charge in [0.2, 0.25) is 5.91 Å². The lowest BCUT2D eigenvalue weighted by atomic mass is 9.93. The first kappa shape index (κ1) is 19.6. The van der Waals surface area contributed by atoms with Crippen LogP contribution in [0.2, 0.25) is 0 Å². The van der Waals surface area contributed by atoms with Crippen molar-refractivity contribution in [3.05, 3.63) is 0 Å². The highest BCUT2D eigenvalue weighted by Crippen LogP contribution is 2.31. The van der Waals surface area contributed by atoms with Gasteiger partial charge in [-0.05, 0) is 25.2 Å². The number of nitrogens with zero attached hydrogens (tertiary/aromatic N) is 2. The fourth-order valence-electron chi connectivity index (χ4n) is 5.05. The van der Waals surface area contributed by atoms with Crippen LogP contribution in [0.15, 0.2) is 0 Å². The minimum atomic E-state index is -0.578. The van der Waals surface area contributed by atoms with Gasteiger partial charge in [-0.2, -0.15) is 0 Å². The molecule has 1 aliphatic carbocycles. The van der Waals surface area contributed by atoms with E-state index in [0.29, 0.717) is 45.2 Å². The predicted octanol–water partition coefficient (Wildman–Crippen LogP) is 0.936. The first-order valence-electron chi connectivity index (χ1n) is 10.7. The average molecular weight is 393 g/mol. The van der Waals surface area contributed by atoms with Crippen LogP contribution in [0.3, 0.4) is 0 Å². The van der Waals surface area contributed by atoms with Crippen molar-refractivity contribution in [1.29, 1.82) is 0 Å². The Kier molecular flexibility index (Phi) is 6.16. The molecule has 0 bridgehead atoms. The molecule has 0 aromatic carbocycles. The molecule has 8 heteroatoms. The molecule has 1 saturated carbocycles. The lowest BCUT2D eigenvalue weighted by Crippen LogP contribution is -2.59. The number of ether oxygens (including phenoxy) is 2. The van der Waals surface area contributed by atoms with Gasteiger partial charge in [0, 0.05) is 19.6 Å². The molecule has 0 spiro atoms. The summed E-state index contributed by atoms with van der Waals surface area (Å²) in [6.07, 6.45) is 6.68. The molecule has 3 saturated heterocycles. The van der Waals surface area contributed by atoms with E-state index >= 15 is 0 Å². The van der Waals surface area contributed by atoms with E-state index in [1.165, 1.54) is 12.8 Å². The highest BCUT2D eigenvalue weighted by atomic mass is 16.5. The molecule has 4 fully saturated rings. The highest BCUT2D eigenvalue weighted by molar-refractivity contribution is 5.94. The van der Waals surface area contributed by atoms with Crippen molar-refractivity contribution >= 4 is 17.7 Å². The Morgan fingerprint density at radius 3 is 2.57 bits per heavy atom. The van der Waals surface area contributed by atoms with Crippen LogP contribution in [0, 0.1) is 5.92 Å². The number of urea groups is 1.